The van der Waals surface area contributed by atoms with E-state index in [1.807, 2.05) is 6.07 Å². The quantitative estimate of drug-likeness (QED) is 0.762. The number of halogens is 4. The number of hydrogen-bond acceptors (Lipinski definition) is 6. The summed E-state index contributed by atoms with van der Waals surface area (Å²) in [7, 11) is 0. The van der Waals surface area contributed by atoms with E-state index in [2.05, 4.69) is 15.3 Å². The molecule has 0 spiro atoms. The largest absolute Gasteiger partial charge is 0.433 e. The lowest BCUT2D eigenvalue weighted by Gasteiger charge is -2.22. The Bertz CT molecular complexity index is 800. The molecule has 28 heavy (non-hydrogen) atoms. The van der Waals surface area contributed by atoms with Gasteiger partial charge < -0.3 is 15.1 Å². The SMILES string of the molecule is N#C[C@@H]1C[C@H](F)CN1C(=O)CNC1C2CN(c3nccc(C(F)(F)F)n3)CC21. The smallest absolute Gasteiger partial charge is 0.340 e. The van der Waals surface area contributed by atoms with Gasteiger partial charge in [0.05, 0.1) is 19.2 Å². The summed E-state index contributed by atoms with van der Waals surface area (Å²) >= 11 is 0. The van der Waals surface area contributed by atoms with E-state index in [4.69, 9.17) is 5.26 Å². The predicted molar refractivity (Wildman–Crippen MR) is 88.6 cm³/mol. The van der Waals surface area contributed by atoms with Crippen LogP contribution in [-0.4, -0.2) is 65.2 Å². The van der Waals surface area contributed by atoms with Gasteiger partial charge in [-0.1, -0.05) is 0 Å². The summed E-state index contributed by atoms with van der Waals surface area (Å²) in [6.45, 7) is 0.976. The van der Waals surface area contributed by atoms with Crippen molar-refractivity contribution >= 4 is 11.9 Å². The first-order valence-corrected chi connectivity index (χ1v) is 8.99. The van der Waals surface area contributed by atoms with Crippen LogP contribution >= 0.6 is 0 Å². The number of fused-ring (bicyclic) bond motifs is 1. The number of aromatic nitrogens is 2. The highest BCUT2D eigenvalue weighted by molar-refractivity contribution is 5.79. The van der Waals surface area contributed by atoms with Crippen LogP contribution in [0.25, 0.3) is 0 Å². The number of amides is 1. The van der Waals surface area contributed by atoms with Gasteiger partial charge in [-0.25, -0.2) is 14.4 Å². The lowest BCUT2D eigenvalue weighted by molar-refractivity contribution is -0.141. The van der Waals surface area contributed by atoms with E-state index in [9.17, 15) is 22.4 Å². The van der Waals surface area contributed by atoms with Crippen molar-refractivity contribution in [3.63, 3.8) is 0 Å². The molecule has 0 bridgehead atoms. The van der Waals surface area contributed by atoms with Crippen molar-refractivity contribution in [1.29, 1.82) is 5.26 Å². The molecule has 3 heterocycles. The minimum absolute atomic E-state index is 0.0165. The molecule has 4 atom stereocenters. The molecule has 4 rings (SSSR count). The van der Waals surface area contributed by atoms with Gasteiger partial charge in [-0.15, -0.1) is 0 Å². The van der Waals surface area contributed by atoms with E-state index >= 15 is 0 Å². The fourth-order valence-corrected chi connectivity index (χ4v) is 4.14. The number of nitrogens with zero attached hydrogens (tertiary/aromatic N) is 5. The first-order chi connectivity index (χ1) is 13.3. The Morgan fingerprint density at radius 3 is 2.68 bits per heavy atom. The van der Waals surface area contributed by atoms with Crippen molar-refractivity contribution in [3.05, 3.63) is 18.0 Å². The topological polar surface area (TPSA) is 85.2 Å². The van der Waals surface area contributed by atoms with Gasteiger partial charge in [-0.05, 0) is 17.9 Å². The monoisotopic (exact) mass is 398 g/mol. The highest BCUT2D eigenvalue weighted by atomic mass is 19.4. The lowest BCUT2D eigenvalue weighted by Crippen LogP contribution is -2.43. The molecule has 1 saturated carbocycles. The first-order valence-electron chi connectivity index (χ1n) is 8.99. The van der Waals surface area contributed by atoms with Gasteiger partial charge in [0.2, 0.25) is 11.9 Å². The lowest BCUT2D eigenvalue weighted by atomic mass is 10.2. The van der Waals surface area contributed by atoms with E-state index in [0.29, 0.717) is 13.1 Å². The van der Waals surface area contributed by atoms with Crippen LogP contribution in [0.4, 0.5) is 23.5 Å². The number of rotatable bonds is 4. The minimum atomic E-state index is -4.51. The number of nitriles is 1. The zero-order valence-electron chi connectivity index (χ0n) is 14.7. The first kappa shape index (κ1) is 18.9. The molecule has 2 saturated heterocycles. The highest BCUT2D eigenvalue weighted by Gasteiger charge is 2.56. The van der Waals surface area contributed by atoms with Crippen molar-refractivity contribution in [2.45, 2.75) is 30.9 Å². The molecule has 0 radical (unpaired) electrons. The van der Waals surface area contributed by atoms with Gasteiger partial charge >= 0.3 is 6.18 Å². The van der Waals surface area contributed by atoms with Gasteiger partial charge in [-0.2, -0.15) is 18.4 Å². The molecule has 7 nitrogen and oxygen atoms in total. The number of alkyl halides is 4. The summed E-state index contributed by atoms with van der Waals surface area (Å²) in [5, 5.41) is 12.1. The van der Waals surface area contributed by atoms with Crippen molar-refractivity contribution in [2.75, 3.05) is 31.1 Å². The predicted octanol–water partition coefficient (Wildman–Crippen LogP) is 0.982. The molecule has 3 aliphatic rings. The molecular weight excluding hydrogens is 380 g/mol. The van der Waals surface area contributed by atoms with Gasteiger partial charge in [-0.3, -0.25) is 4.79 Å². The van der Waals surface area contributed by atoms with E-state index in [-0.39, 0.29) is 49.2 Å². The standard InChI is InChI=1S/C17H18F4N6O/c18-9-3-10(4-22)27(6-9)14(28)5-24-15-11-7-26(8-12(11)15)16-23-2-1-13(25-16)17(19,20)21/h1-2,9-12,15,24H,3,5-8H2/t9-,10-,11?,12?,15?/m0/s1. The van der Waals surface area contributed by atoms with Crippen molar-refractivity contribution < 1.29 is 22.4 Å². The molecule has 1 aromatic heterocycles. The zero-order valence-corrected chi connectivity index (χ0v) is 14.7. The summed E-state index contributed by atoms with van der Waals surface area (Å²) < 4.78 is 51.8. The number of likely N-dealkylation sites (tertiary alicyclic amines) is 1. The molecule has 2 aliphatic heterocycles. The second kappa shape index (κ2) is 6.84. The summed E-state index contributed by atoms with van der Waals surface area (Å²) in [6.07, 6.45) is -4.54. The molecule has 0 aromatic carbocycles. The Balaban J connectivity index is 1.28. The molecule has 1 N–H and O–H groups in total. The van der Waals surface area contributed by atoms with E-state index < -0.39 is 24.1 Å². The molecule has 2 unspecified atom stereocenters. The number of piperidine rings is 1. The molecule has 11 heteroatoms. The van der Waals surface area contributed by atoms with Gasteiger partial charge in [0.15, 0.2) is 0 Å². The van der Waals surface area contributed by atoms with Crippen molar-refractivity contribution in [2.24, 2.45) is 11.8 Å². The van der Waals surface area contributed by atoms with E-state index in [1.165, 1.54) is 4.90 Å². The number of hydrogen-bond donors (Lipinski definition) is 1. The number of nitrogens with one attached hydrogen (secondary N) is 1. The summed E-state index contributed by atoms with van der Waals surface area (Å²) in [6, 6.07) is 2.14. The molecule has 3 fully saturated rings. The fourth-order valence-electron chi connectivity index (χ4n) is 4.14. The second-order valence-corrected chi connectivity index (χ2v) is 7.40. The Hall–Kier alpha value is -2.48. The summed E-state index contributed by atoms with van der Waals surface area (Å²) in [5.74, 6) is 0.143. The number of anilines is 1. The summed E-state index contributed by atoms with van der Waals surface area (Å²) in [4.78, 5) is 22.7. The summed E-state index contributed by atoms with van der Waals surface area (Å²) in [5.41, 5.74) is -0.970. The molecule has 150 valence electrons. The van der Waals surface area contributed by atoms with Crippen LogP contribution in [0.3, 0.4) is 0 Å². The average molecular weight is 398 g/mol. The van der Waals surface area contributed by atoms with Crippen LogP contribution in [0.2, 0.25) is 0 Å². The molecule has 1 amide bonds. The van der Waals surface area contributed by atoms with Crippen LogP contribution < -0.4 is 10.2 Å². The third kappa shape index (κ3) is 3.48. The van der Waals surface area contributed by atoms with Crippen molar-refractivity contribution in [3.8, 4) is 6.07 Å². The second-order valence-electron chi connectivity index (χ2n) is 7.40. The number of carbonyl (C=O) groups excluding carboxylic acids is 1. The van der Waals surface area contributed by atoms with E-state index in [0.717, 1.165) is 12.3 Å². The molecule has 1 aliphatic carbocycles. The van der Waals surface area contributed by atoms with Crippen LogP contribution in [0.5, 0.6) is 0 Å². The maximum atomic E-state index is 13.4. The Labute approximate surface area is 158 Å². The van der Waals surface area contributed by atoms with Gasteiger partial charge in [0, 0.05) is 31.7 Å². The maximum Gasteiger partial charge on any atom is 0.433 e. The average Bonchev–Trinajstić information content (AvgIpc) is 2.99. The minimum Gasteiger partial charge on any atom is -0.340 e. The Morgan fingerprint density at radius 2 is 2.04 bits per heavy atom. The van der Waals surface area contributed by atoms with Crippen LogP contribution in [0, 0.1) is 23.2 Å². The van der Waals surface area contributed by atoms with Gasteiger partial charge in [0.25, 0.3) is 0 Å². The normalized spacial score (nSPS) is 31.6. The molecule has 1 aromatic rings. The third-order valence-corrected chi connectivity index (χ3v) is 5.62. The maximum absolute atomic E-state index is 13.4. The van der Waals surface area contributed by atoms with Gasteiger partial charge in [0.1, 0.15) is 17.9 Å². The van der Waals surface area contributed by atoms with Crippen LogP contribution in [-0.2, 0) is 11.0 Å². The molecular formula is C17H18F4N6O. The van der Waals surface area contributed by atoms with E-state index in [1.54, 1.807) is 4.90 Å². The fraction of sp³-hybridized carbons (Fsp3) is 0.647. The highest BCUT2D eigenvalue weighted by Crippen LogP contribution is 2.46. The zero-order chi connectivity index (χ0) is 20.1. The van der Waals surface area contributed by atoms with Crippen LogP contribution in [0.1, 0.15) is 12.1 Å². The Morgan fingerprint density at radius 1 is 1.32 bits per heavy atom. The third-order valence-electron chi connectivity index (χ3n) is 5.62. The van der Waals surface area contributed by atoms with Crippen LogP contribution in [0.15, 0.2) is 12.3 Å². The Kier molecular flexibility index (Phi) is 4.61. The van der Waals surface area contributed by atoms with Crippen molar-refractivity contribution in [1.82, 2.24) is 20.2 Å². The number of carbonyl (C=O) groups is 1.